The first kappa shape index (κ1) is 15.4. The molecule has 22 heavy (non-hydrogen) atoms. The molecule has 0 bridgehead atoms. The zero-order valence-electron chi connectivity index (χ0n) is 12.0. The van der Waals surface area contributed by atoms with E-state index in [0.29, 0.717) is 0 Å². The molecular formula is C17H14FN3O. The number of benzene rings is 1. The van der Waals surface area contributed by atoms with Crippen molar-refractivity contribution in [2.45, 2.75) is 13.0 Å². The molecule has 1 aromatic carbocycles. The molecule has 0 unspecified atom stereocenters. The smallest absolute Gasteiger partial charge is 0.262 e. The van der Waals surface area contributed by atoms with E-state index in [1.54, 1.807) is 6.07 Å². The second-order valence-corrected chi connectivity index (χ2v) is 4.67. The predicted octanol–water partition coefficient (Wildman–Crippen LogP) is 3.01. The fraction of sp³-hybridized carbons (Fsp3) is 0.118. The highest BCUT2D eigenvalue weighted by molar-refractivity contribution is 6.01. The van der Waals surface area contributed by atoms with Gasteiger partial charge >= 0.3 is 0 Å². The van der Waals surface area contributed by atoms with Gasteiger partial charge in [0.25, 0.3) is 5.91 Å². The van der Waals surface area contributed by atoms with Crippen LogP contribution in [0.15, 0.2) is 54.4 Å². The lowest BCUT2D eigenvalue weighted by Crippen LogP contribution is -2.27. The van der Waals surface area contributed by atoms with Crippen molar-refractivity contribution in [2.75, 3.05) is 0 Å². The Balaban J connectivity index is 2.17. The molecule has 5 heteroatoms. The molecule has 1 N–H and O–H groups in total. The molecule has 1 atom stereocenters. The molecule has 0 fully saturated rings. The molecular weight excluding hydrogens is 281 g/mol. The van der Waals surface area contributed by atoms with E-state index in [0.717, 1.165) is 11.8 Å². The molecule has 0 aliphatic heterocycles. The van der Waals surface area contributed by atoms with Gasteiger partial charge in [-0.1, -0.05) is 30.3 Å². The first-order chi connectivity index (χ1) is 10.6. The van der Waals surface area contributed by atoms with Crippen LogP contribution in [-0.2, 0) is 4.79 Å². The lowest BCUT2D eigenvalue weighted by Gasteiger charge is -2.13. The molecule has 0 aliphatic carbocycles. The molecule has 110 valence electrons. The summed E-state index contributed by atoms with van der Waals surface area (Å²) in [5.74, 6) is -1.13. The summed E-state index contributed by atoms with van der Waals surface area (Å²) in [7, 11) is 0. The van der Waals surface area contributed by atoms with E-state index in [2.05, 4.69) is 10.3 Å². The van der Waals surface area contributed by atoms with Crippen LogP contribution in [0.5, 0.6) is 0 Å². The largest absolute Gasteiger partial charge is 0.345 e. The maximum atomic E-state index is 13.5. The summed E-state index contributed by atoms with van der Waals surface area (Å²) >= 11 is 0. The van der Waals surface area contributed by atoms with Crippen LogP contribution in [0, 0.1) is 17.1 Å². The first-order valence-electron chi connectivity index (χ1n) is 6.69. The van der Waals surface area contributed by atoms with E-state index in [1.165, 1.54) is 18.3 Å². The predicted molar refractivity (Wildman–Crippen MR) is 80.8 cm³/mol. The summed E-state index contributed by atoms with van der Waals surface area (Å²) in [5, 5.41) is 11.8. The third-order valence-corrected chi connectivity index (χ3v) is 3.12. The van der Waals surface area contributed by atoms with Crippen LogP contribution in [0.2, 0.25) is 0 Å². The number of rotatable bonds is 4. The van der Waals surface area contributed by atoms with Crippen molar-refractivity contribution >= 4 is 12.0 Å². The highest BCUT2D eigenvalue weighted by atomic mass is 19.1. The van der Waals surface area contributed by atoms with Gasteiger partial charge in [-0.05, 0) is 24.6 Å². The molecule has 1 amide bonds. The number of hydrogen-bond acceptors (Lipinski definition) is 3. The third kappa shape index (κ3) is 3.76. The van der Waals surface area contributed by atoms with Gasteiger partial charge in [0.1, 0.15) is 17.5 Å². The van der Waals surface area contributed by atoms with Crippen molar-refractivity contribution in [3.05, 3.63) is 71.3 Å². The van der Waals surface area contributed by atoms with E-state index in [-0.39, 0.29) is 17.2 Å². The number of hydrogen-bond donors (Lipinski definition) is 1. The summed E-state index contributed by atoms with van der Waals surface area (Å²) in [6, 6.07) is 12.3. The van der Waals surface area contributed by atoms with E-state index >= 15 is 0 Å². The summed E-state index contributed by atoms with van der Waals surface area (Å²) in [6.45, 7) is 1.81. The Bertz CT molecular complexity index is 735. The lowest BCUT2D eigenvalue weighted by molar-refractivity contribution is -0.117. The zero-order chi connectivity index (χ0) is 15.9. The minimum absolute atomic E-state index is 0.147. The zero-order valence-corrected chi connectivity index (χ0v) is 12.0. The highest BCUT2D eigenvalue weighted by Crippen LogP contribution is 2.14. The lowest BCUT2D eigenvalue weighted by atomic mass is 10.1. The molecule has 0 saturated carbocycles. The van der Waals surface area contributed by atoms with Gasteiger partial charge in [-0.25, -0.2) is 4.39 Å². The van der Waals surface area contributed by atoms with Crippen LogP contribution in [0.4, 0.5) is 4.39 Å². The number of nitrogens with zero attached hydrogens (tertiary/aromatic N) is 2. The van der Waals surface area contributed by atoms with Gasteiger partial charge in [0.05, 0.1) is 12.2 Å². The minimum atomic E-state index is -0.584. The molecule has 1 aromatic heterocycles. The highest BCUT2D eigenvalue weighted by Gasteiger charge is 2.14. The van der Waals surface area contributed by atoms with E-state index < -0.39 is 11.7 Å². The van der Waals surface area contributed by atoms with Crippen molar-refractivity contribution < 1.29 is 9.18 Å². The Hall–Kier alpha value is -3.00. The van der Waals surface area contributed by atoms with Crippen LogP contribution >= 0.6 is 0 Å². The van der Waals surface area contributed by atoms with E-state index in [9.17, 15) is 9.18 Å². The Labute approximate surface area is 127 Å². The van der Waals surface area contributed by atoms with Gasteiger partial charge in [0.2, 0.25) is 0 Å². The van der Waals surface area contributed by atoms with Gasteiger partial charge in [0, 0.05) is 11.8 Å². The van der Waals surface area contributed by atoms with Gasteiger partial charge in [-0.3, -0.25) is 9.78 Å². The molecule has 2 rings (SSSR count). The van der Waals surface area contributed by atoms with E-state index in [1.807, 2.05) is 37.3 Å². The Morgan fingerprint density at radius 2 is 2.09 bits per heavy atom. The summed E-state index contributed by atoms with van der Waals surface area (Å²) < 4.78 is 13.5. The van der Waals surface area contributed by atoms with Gasteiger partial charge in [-0.2, -0.15) is 5.26 Å². The molecule has 2 aromatic rings. The number of nitriles is 1. The second-order valence-electron chi connectivity index (χ2n) is 4.67. The molecule has 0 aliphatic rings. The van der Waals surface area contributed by atoms with Crippen LogP contribution in [0.1, 0.15) is 24.1 Å². The topological polar surface area (TPSA) is 65.8 Å². The normalized spacial score (nSPS) is 12.3. The molecule has 1 heterocycles. The number of carbonyl (C=O) groups is 1. The van der Waals surface area contributed by atoms with Crippen LogP contribution in [0.25, 0.3) is 6.08 Å². The summed E-state index contributed by atoms with van der Waals surface area (Å²) in [5.41, 5.74) is 0.908. The molecule has 0 radical (unpaired) electrons. The van der Waals surface area contributed by atoms with Gasteiger partial charge in [0.15, 0.2) is 0 Å². The molecule has 0 spiro atoms. The standard InChI is InChI=1S/C17H14FN3O/c1-12(13-5-3-2-4-6-13)21-17(22)15(10-19)9-14-7-8-20-11-16(14)18/h2-9,11-12H,1H3,(H,21,22)/t12-/m0/s1. The average Bonchev–Trinajstić information content (AvgIpc) is 2.54. The maximum absolute atomic E-state index is 13.5. The molecule has 0 saturated heterocycles. The minimum Gasteiger partial charge on any atom is -0.345 e. The number of aromatic nitrogens is 1. The first-order valence-corrected chi connectivity index (χ1v) is 6.69. The monoisotopic (exact) mass is 295 g/mol. The van der Waals surface area contributed by atoms with E-state index in [4.69, 9.17) is 5.26 Å². The SMILES string of the molecule is C[C@H](NC(=O)C(C#N)=Cc1ccncc1F)c1ccccc1. The maximum Gasteiger partial charge on any atom is 0.262 e. The quantitative estimate of drug-likeness (QED) is 0.696. The van der Waals surface area contributed by atoms with Crippen molar-refractivity contribution in [2.24, 2.45) is 0 Å². The van der Waals surface area contributed by atoms with Crippen LogP contribution < -0.4 is 5.32 Å². The Morgan fingerprint density at radius 1 is 1.36 bits per heavy atom. The van der Waals surface area contributed by atoms with Crippen molar-refractivity contribution in [3.8, 4) is 6.07 Å². The molecule has 4 nitrogen and oxygen atoms in total. The second kappa shape index (κ2) is 7.14. The Morgan fingerprint density at radius 3 is 2.73 bits per heavy atom. The van der Waals surface area contributed by atoms with Crippen molar-refractivity contribution in [3.63, 3.8) is 0 Å². The number of halogens is 1. The number of amides is 1. The fourth-order valence-corrected chi connectivity index (χ4v) is 1.91. The third-order valence-electron chi connectivity index (χ3n) is 3.12. The summed E-state index contributed by atoms with van der Waals surface area (Å²) in [4.78, 5) is 15.8. The summed E-state index contributed by atoms with van der Waals surface area (Å²) in [6.07, 6.45) is 3.64. The van der Waals surface area contributed by atoms with Crippen LogP contribution in [0.3, 0.4) is 0 Å². The number of carbonyl (C=O) groups excluding carboxylic acids is 1. The number of pyridine rings is 1. The Kier molecular flexibility index (Phi) is 4.99. The number of nitrogens with one attached hydrogen (secondary N) is 1. The van der Waals surface area contributed by atoms with Gasteiger partial charge < -0.3 is 5.32 Å². The fourth-order valence-electron chi connectivity index (χ4n) is 1.91. The van der Waals surface area contributed by atoms with Crippen molar-refractivity contribution in [1.82, 2.24) is 10.3 Å². The average molecular weight is 295 g/mol. The van der Waals surface area contributed by atoms with Crippen molar-refractivity contribution in [1.29, 1.82) is 5.26 Å². The van der Waals surface area contributed by atoms with Gasteiger partial charge in [-0.15, -0.1) is 0 Å². The van der Waals surface area contributed by atoms with Crippen LogP contribution in [-0.4, -0.2) is 10.9 Å².